The number of ether oxygens (including phenoxy) is 2. The monoisotopic (exact) mass is 740 g/mol. The van der Waals surface area contributed by atoms with Gasteiger partial charge in [0, 0.05) is 19.6 Å². The van der Waals surface area contributed by atoms with Crippen LogP contribution in [-0.4, -0.2) is 74.2 Å². The number of carbonyl (C=O) groups is 2. The topological polar surface area (TPSA) is 100 Å². The molecule has 52 heavy (non-hydrogen) atoms. The molecule has 2 amide bonds. The lowest BCUT2D eigenvalue weighted by molar-refractivity contribution is 0.0840. The van der Waals surface area contributed by atoms with Crippen molar-refractivity contribution in [2.24, 2.45) is 0 Å². The average Bonchev–Trinajstić information content (AvgIpc) is 3.14. The van der Waals surface area contributed by atoms with E-state index < -0.39 is 0 Å². The highest BCUT2D eigenvalue weighted by Gasteiger charge is 2.14. The maximum Gasteiger partial charge on any atom is 0.407 e. The van der Waals surface area contributed by atoms with Crippen molar-refractivity contribution < 1.29 is 24.2 Å². The van der Waals surface area contributed by atoms with Crippen molar-refractivity contribution in [2.45, 2.75) is 226 Å². The van der Waals surface area contributed by atoms with Crippen LogP contribution < -0.4 is 10.6 Å². The van der Waals surface area contributed by atoms with Gasteiger partial charge >= 0.3 is 12.2 Å². The van der Waals surface area contributed by atoms with Crippen LogP contribution in [0.25, 0.3) is 0 Å². The van der Waals surface area contributed by atoms with Crippen LogP contribution in [0.4, 0.5) is 9.59 Å². The predicted molar refractivity (Wildman–Crippen MR) is 221 cm³/mol. The van der Waals surface area contributed by atoms with Crippen LogP contribution in [0.5, 0.6) is 0 Å². The third-order valence-electron chi connectivity index (χ3n) is 10.3. The van der Waals surface area contributed by atoms with Gasteiger partial charge < -0.3 is 30.1 Å². The van der Waals surface area contributed by atoms with Gasteiger partial charge in [-0.15, -0.1) is 0 Å². The van der Waals surface area contributed by atoms with E-state index in [1.165, 1.54) is 109 Å². The highest BCUT2D eigenvalue weighted by atomic mass is 16.6. The van der Waals surface area contributed by atoms with Crippen LogP contribution in [0.3, 0.4) is 0 Å². The molecule has 0 radical (unpaired) electrons. The zero-order chi connectivity index (χ0) is 38.0. The smallest absolute Gasteiger partial charge is 0.407 e. The number of hydrogen-bond acceptors (Lipinski definition) is 6. The Morgan fingerprint density at radius 1 is 0.481 bits per heavy atom. The second-order valence-corrected chi connectivity index (χ2v) is 15.4. The maximum atomic E-state index is 12.6. The van der Waals surface area contributed by atoms with Gasteiger partial charge in [0.25, 0.3) is 0 Å². The van der Waals surface area contributed by atoms with Gasteiger partial charge in [-0.3, -0.25) is 0 Å². The van der Waals surface area contributed by atoms with Crippen molar-refractivity contribution in [1.29, 1.82) is 0 Å². The molecule has 0 bridgehead atoms. The number of rotatable bonds is 41. The van der Waals surface area contributed by atoms with E-state index in [1.54, 1.807) is 0 Å². The summed E-state index contributed by atoms with van der Waals surface area (Å²) in [6.07, 6.45) is 36.6. The molecule has 0 fully saturated rings. The number of nitrogens with zero attached hydrogens (tertiary/aromatic N) is 1. The van der Waals surface area contributed by atoms with Crippen molar-refractivity contribution in [1.82, 2.24) is 15.5 Å². The molecular formula is C44H89N3O5. The summed E-state index contributed by atoms with van der Waals surface area (Å²) < 4.78 is 11.2. The van der Waals surface area contributed by atoms with Crippen LogP contribution in [0.15, 0.2) is 0 Å². The molecule has 8 nitrogen and oxygen atoms in total. The zero-order valence-electron chi connectivity index (χ0n) is 35.0. The third-order valence-corrected chi connectivity index (χ3v) is 10.3. The fourth-order valence-corrected chi connectivity index (χ4v) is 6.87. The van der Waals surface area contributed by atoms with Crippen molar-refractivity contribution in [3.63, 3.8) is 0 Å². The molecule has 0 aliphatic heterocycles. The van der Waals surface area contributed by atoms with Gasteiger partial charge in [0.15, 0.2) is 0 Å². The number of hydrogen-bond donors (Lipinski definition) is 3. The first-order chi connectivity index (χ1) is 25.6. The summed E-state index contributed by atoms with van der Waals surface area (Å²) in [6.45, 7) is 11.5. The number of aliphatic hydroxyl groups is 1. The van der Waals surface area contributed by atoms with Crippen LogP contribution >= 0.6 is 0 Å². The SMILES string of the molecule is CCCCCCCCCCCOC(=O)NCCCCCCN(CCO)CCCCCCNC(=O)OC(CCCCCCCC)CCCCCCCC. The Kier molecular flexibility index (Phi) is 41.0. The Morgan fingerprint density at radius 2 is 0.865 bits per heavy atom. The first-order valence-corrected chi connectivity index (χ1v) is 22.8. The van der Waals surface area contributed by atoms with Gasteiger partial charge in [-0.1, -0.05) is 162 Å². The van der Waals surface area contributed by atoms with Gasteiger partial charge in [-0.25, -0.2) is 9.59 Å². The first-order valence-electron chi connectivity index (χ1n) is 22.8. The summed E-state index contributed by atoms with van der Waals surface area (Å²) in [4.78, 5) is 26.9. The normalized spacial score (nSPS) is 11.4. The molecule has 8 heteroatoms. The standard InChI is InChI=1S/C44H89N3O5/c1-4-7-10-13-16-17-18-25-32-41-51-43(49)45-35-28-21-23-30-37-47(39-40-48)38-31-24-22-29-36-46-44(50)52-42(33-26-19-14-11-8-5-2)34-27-20-15-12-9-6-3/h42,48H,4-41H2,1-3H3,(H,45,49)(H,46,50). The highest BCUT2D eigenvalue weighted by Crippen LogP contribution is 2.17. The first kappa shape index (κ1) is 50.5. The molecule has 0 saturated carbocycles. The van der Waals surface area contributed by atoms with Crippen molar-refractivity contribution in [2.75, 3.05) is 45.9 Å². The van der Waals surface area contributed by atoms with E-state index in [1.807, 2.05) is 0 Å². The number of unbranched alkanes of at least 4 members (excludes halogenated alkanes) is 24. The minimum absolute atomic E-state index is 0.0504. The zero-order valence-corrected chi connectivity index (χ0v) is 35.0. The number of aliphatic hydroxyl groups excluding tert-OH is 1. The molecule has 0 spiro atoms. The third kappa shape index (κ3) is 38.2. The van der Waals surface area contributed by atoms with Crippen LogP contribution in [0, 0.1) is 0 Å². The van der Waals surface area contributed by atoms with Crippen molar-refractivity contribution >= 4 is 12.2 Å². The van der Waals surface area contributed by atoms with Crippen molar-refractivity contribution in [3.8, 4) is 0 Å². The fourth-order valence-electron chi connectivity index (χ4n) is 6.87. The summed E-state index contributed by atoms with van der Waals surface area (Å²) >= 11 is 0. The molecule has 0 aliphatic rings. The lowest BCUT2D eigenvalue weighted by Crippen LogP contribution is -2.30. The molecule has 0 aromatic heterocycles. The van der Waals surface area contributed by atoms with Gasteiger partial charge in [-0.05, 0) is 70.9 Å². The fraction of sp³-hybridized carbons (Fsp3) is 0.955. The summed E-state index contributed by atoms with van der Waals surface area (Å²) in [5.74, 6) is 0. The van der Waals surface area contributed by atoms with Gasteiger partial charge in [-0.2, -0.15) is 0 Å². The summed E-state index contributed by atoms with van der Waals surface area (Å²) in [6, 6.07) is 0. The molecule has 0 aromatic rings. The average molecular weight is 740 g/mol. The van der Waals surface area contributed by atoms with E-state index in [-0.39, 0.29) is 24.9 Å². The van der Waals surface area contributed by atoms with E-state index in [9.17, 15) is 14.7 Å². The quantitative estimate of drug-likeness (QED) is 0.0540. The van der Waals surface area contributed by atoms with Crippen LogP contribution in [-0.2, 0) is 9.47 Å². The second kappa shape index (κ2) is 42.2. The minimum atomic E-state index is -0.282. The minimum Gasteiger partial charge on any atom is -0.450 e. The van der Waals surface area contributed by atoms with Gasteiger partial charge in [0.1, 0.15) is 6.10 Å². The summed E-state index contributed by atoms with van der Waals surface area (Å²) in [5.41, 5.74) is 0. The molecule has 0 heterocycles. The van der Waals surface area contributed by atoms with E-state index in [0.717, 1.165) is 110 Å². The Bertz CT molecular complexity index is 725. The Morgan fingerprint density at radius 3 is 1.33 bits per heavy atom. The van der Waals surface area contributed by atoms with Gasteiger partial charge in [0.2, 0.25) is 0 Å². The summed E-state index contributed by atoms with van der Waals surface area (Å²) in [5, 5.41) is 15.4. The summed E-state index contributed by atoms with van der Waals surface area (Å²) in [7, 11) is 0. The molecule has 0 atom stereocenters. The van der Waals surface area contributed by atoms with E-state index in [2.05, 4.69) is 36.3 Å². The number of amides is 2. The molecule has 0 aliphatic carbocycles. The van der Waals surface area contributed by atoms with E-state index >= 15 is 0 Å². The molecule has 0 unspecified atom stereocenters. The molecule has 0 saturated heterocycles. The maximum absolute atomic E-state index is 12.6. The Balaban J connectivity index is 3.91. The lowest BCUT2D eigenvalue weighted by atomic mass is 10.0. The van der Waals surface area contributed by atoms with E-state index in [0.29, 0.717) is 19.7 Å². The number of carbonyl (C=O) groups excluding carboxylic acids is 2. The lowest BCUT2D eigenvalue weighted by Gasteiger charge is -2.21. The molecule has 3 N–H and O–H groups in total. The van der Waals surface area contributed by atoms with E-state index in [4.69, 9.17) is 9.47 Å². The van der Waals surface area contributed by atoms with Crippen LogP contribution in [0.2, 0.25) is 0 Å². The van der Waals surface area contributed by atoms with Gasteiger partial charge in [0.05, 0.1) is 13.2 Å². The number of nitrogens with one attached hydrogen (secondary N) is 2. The highest BCUT2D eigenvalue weighted by molar-refractivity contribution is 5.67. The molecular weight excluding hydrogens is 650 g/mol. The number of alkyl carbamates (subject to hydrolysis) is 2. The largest absolute Gasteiger partial charge is 0.450 e. The molecule has 0 aromatic carbocycles. The molecule has 310 valence electrons. The van der Waals surface area contributed by atoms with Crippen LogP contribution in [0.1, 0.15) is 220 Å². The Labute approximate surface area is 323 Å². The van der Waals surface area contributed by atoms with Crippen molar-refractivity contribution in [3.05, 3.63) is 0 Å². The second-order valence-electron chi connectivity index (χ2n) is 15.4. The Hall–Kier alpha value is -1.54. The predicted octanol–water partition coefficient (Wildman–Crippen LogP) is 12.3. The molecule has 0 rings (SSSR count).